The van der Waals surface area contributed by atoms with E-state index in [2.05, 4.69) is 20.8 Å². The number of hydrogen-bond donors (Lipinski definition) is 2. The molecule has 0 spiro atoms. The van der Waals surface area contributed by atoms with Crippen LogP contribution in [-0.2, 0) is 17.8 Å². The van der Waals surface area contributed by atoms with E-state index in [0.717, 1.165) is 31.4 Å². The number of primary amides is 1. The molecule has 2 atom stereocenters. The highest BCUT2D eigenvalue weighted by molar-refractivity contribution is 6.09. The number of halogens is 2. The van der Waals surface area contributed by atoms with Gasteiger partial charge in [0, 0.05) is 17.0 Å². The molecule has 2 unspecified atom stereocenters. The highest BCUT2D eigenvalue weighted by Crippen LogP contribution is 2.63. The van der Waals surface area contributed by atoms with Crippen molar-refractivity contribution in [2.45, 2.75) is 65.1 Å². The number of carbonyl (C=O) groups excluding carboxylic acids is 2. The molecular weight excluding hydrogens is 578 g/mol. The molecule has 45 heavy (non-hydrogen) atoms. The highest BCUT2D eigenvalue weighted by Gasteiger charge is 2.58. The van der Waals surface area contributed by atoms with Gasteiger partial charge in [-0.2, -0.15) is 5.10 Å². The SMILES string of the molecule is CC(C)Cc1nc2c(cnn2C(C)C23CC(N)C(C2)C3)c(-c2ccc3c(c2)OCC(=O)N3Cc2ccc(F)c(F)c2)c1C(N)=O. The van der Waals surface area contributed by atoms with Crippen LogP contribution in [0.2, 0.25) is 0 Å². The number of carbonyl (C=O) groups is 2. The molecule has 0 radical (unpaired) electrons. The molecule has 1 aliphatic heterocycles. The first kappa shape index (κ1) is 29.3. The highest BCUT2D eigenvalue weighted by atomic mass is 19.2. The van der Waals surface area contributed by atoms with E-state index in [9.17, 15) is 18.4 Å². The average molecular weight is 615 g/mol. The summed E-state index contributed by atoms with van der Waals surface area (Å²) in [6, 6.07) is 9.17. The topological polar surface area (TPSA) is 129 Å². The largest absolute Gasteiger partial charge is 0.482 e. The summed E-state index contributed by atoms with van der Waals surface area (Å²) in [6.07, 6.45) is 5.39. The molecule has 3 saturated carbocycles. The van der Waals surface area contributed by atoms with E-state index in [0.29, 0.717) is 62.8 Å². The quantitative estimate of drug-likeness (QED) is 0.278. The van der Waals surface area contributed by atoms with Gasteiger partial charge in [-0.15, -0.1) is 0 Å². The molecule has 3 heterocycles. The van der Waals surface area contributed by atoms with Gasteiger partial charge in [-0.05, 0) is 85.3 Å². The first-order valence-electron chi connectivity index (χ1n) is 15.4. The Labute approximate surface area is 259 Å². The van der Waals surface area contributed by atoms with Crippen molar-refractivity contribution < 1.29 is 23.1 Å². The Balaban J connectivity index is 1.35. The molecule has 4 aromatic rings. The summed E-state index contributed by atoms with van der Waals surface area (Å²) in [5.74, 6) is -1.67. The van der Waals surface area contributed by atoms with E-state index in [1.165, 1.54) is 11.0 Å². The number of fused-ring (bicyclic) bond motifs is 3. The Morgan fingerprint density at radius 2 is 1.89 bits per heavy atom. The lowest BCUT2D eigenvalue weighted by Crippen LogP contribution is -2.38. The van der Waals surface area contributed by atoms with Crippen molar-refractivity contribution in [2.75, 3.05) is 11.5 Å². The number of nitrogens with zero attached hydrogens (tertiary/aromatic N) is 4. The van der Waals surface area contributed by atoms with Gasteiger partial charge in [0.2, 0.25) is 0 Å². The van der Waals surface area contributed by atoms with Gasteiger partial charge < -0.3 is 21.1 Å². The van der Waals surface area contributed by atoms with E-state index in [1.54, 1.807) is 18.3 Å². The third-order valence-electron chi connectivity index (χ3n) is 10.0. The predicted octanol–water partition coefficient (Wildman–Crippen LogP) is 5.29. The van der Waals surface area contributed by atoms with Crippen molar-refractivity contribution >= 4 is 28.5 Å². The number of hydrogen-bond acceptors (Lipinski definition) is 6. The third-order valence-corrected chi connectivity index (χ3v) is 10.0. The number of amides is 2. The molecule has 8 rings (SSSR count). The predicted molar refractivity (Wildman–Crippen MR) is 166 cm³/mol. The van der Waals surface area contributed by atoms with Crippen LogP contribution in [0.15, 0.2) is 42.6 Å². The van der Waals surface area contributed by atoms with Gasteiger partial charge in [0.05, 0.1) is 35.7 Å². The van der Waals surface area contributed by atoms with Crippen LogP contribution < -0.4 is 21.1 Å². The fourth-order valence-corrected chi connectivity index (χ4v) is 7.70. The minimum Gasteiger partial charge on any atom is -0.482 e. The maximum absolute atomic E-state index is 13.9. The molecule has 2 bridgehead atoms. The van der Waals surface area contributed by atoms with Crippen LogP contribution in [0.1, 0.15) is 67.7 Å². The van der Waals surface area contributed by atoms with Crippen molar-refractivity contribution in [1.82, 2.24) is 14.8 Å². The Kier molecular flexibility index (Phi) is 6.92. The standard InChI is InChI=1S/C34H36F2N6O3/c1-17(2)8-26-31(32(38)44)30(22-14-39-42(33(22)40-26)18(3)34-11-21(12-34)25(37)13-34)20-5-7-27-28(10-20)45-16-29(43)41(27)15-19-4-6-23(35)24(36)9-19/h4-7,9-10,14,17-18,21,25H,8,11-13,15-16,37H2,1-3H3,(H2,38,44). The van der Waals surface area contributed by atoms with Crippen LogP contribution in [0, 0.1) is 28.9 Å². The van der Waals surface area contributed by atoms with Gasteiger partial charge in [-0.1, -0.05) is 26.0 Å². The Bertz CT molecular complexity index is 1860. The minimum atomic E-state index is -0.982. The number of ether oxygens (including phenoxy) is 1. The van der Waals surface area contributed by atoms with Gasteiger partial charge in [0.1, 0.15) is 5.75 Å². The summed E-state index contributed by atoms with van der Waals surface area (Å²) in [4.78, 5) is 32.5. The monoisotopic (exact) mass is 614 g/mol. The average Bonchev–Trinajstić information content (AvgIpc) is 3.65. The maximum atomic E-state index is 13.9. The van der Waals surface area contributed by atoms with Crippen molar-refractivity contribution in [1.29, 1.82) is 0 Å². The van der Waals surface area contributed by atoms with Gasteiger partial charge in [-0.25, -0.2) is 18.4 Å². The zero-order chi connectivity index (χ0) is 31.8. The van der Waals surface area contributed by atoms with E-state index >= 15 is 0 Å². The van der Waals surface area contributed by atoms with Gasteiger partial charge in [-0.3, -0.25) is 9.59 Å². The molecule has 2 aromatic carbocycles. The summed E-state index contributed by atoms with van der Waals surface area (Å²) >= 11 is 0. The normalized spacial score (nSPS) is 22.8. The van der Waals surface area contributed by atoms with E-state index < -0.39 is 17.5 Å². The first-order valence-corrected chi connectivity index (χ1v) is 15.4. The fraction of sp³-hybridized carbons (Fsp3) is 0.412. The molecule has 234 valence electrons. The van der Waals surface area contributed by atoms with E-state index in [4.69, 9.17) is 26.3 Å². The smallest absolute Gasteiger partial charge is 0.265 e. The molecule has 11 heteroatoms. The summed E-state index contributed by atoms with van der Waals surface area (Å²) in [5, 5.41) is 5.53. The summed E-state index contributed by atoms with van der Waals surface area (Å²) < 4.78 is 35.3. The lowest BCUT2D eigenvalue weighted by molar-refractivity contribution is -0.121. The molecule has 4 aliphatic rings. The van der Waals surface area contributed by atoms with Crippen LogP contribution >= 0.6 is 0 Å². The van der Waals surface area contributed by atoms with Crippen LogP contribution in [0.3, 0.4) is 0 Å². The Morgan fingerprint density at radius 3 is 2.56 bits per heavy atom. The van der Waals surface area contributed by atoms with E-state index in [1.807, 2.05) is 10.7 Å². The molecule has 4 N–H and O–H groups in total. The van der Waals surface area contributed by atoms with Gasteiger partial charge in [0.25, 0.3) is 11.8 Å². The zero-order valence-electron chi connectivity index (χ0n) is 25.5. The Hall–Kier alpha value is -4.38. The number of pyridine rings is 1. The number of benzene rings is 2. The minimum absolute atomic E-state index is 0.0350. The number of aromatic nitrogens is 3. The number of anilines is 1. The van der Waals surface area contributed by atoms with Crippen molar-refractivity contribution in [3.8, 4) is 16.9 Å². The van der Waals surface area contributed by atoms with Crippen molar-refractivity contribution in [2.24, 2.45) is 28.7 Å². The van der Waals surface area contributed by atoms with E-state index in [-0.39, 0.29) is 42.5 Å². The zero-order valence-corrected chi connectivity index (χ0v) is 25.5. The van der Waals surface area contributed by atoms with Gasteiger partial charge >= 0.3 is 0 Å². The number of nitrogens with two attached hydrogens (primary N) is 2. The summed E-state index contributed by atoms with van der Waals surface area (Å²) in [5.41, 5.74) is 16.4. The van der Waals surface area contributed by atoms with Gasteiger partial charge in [0.15, 0.2) is 23.9 Å². The first-order chi connectivity index (χ1) is 21.5. The second kappa shape index (κ2) is 10.6. The maximum Gasteiger partial charge on any atom is 0.265 e. The fourth-order valence-electron chi connectivity index (χ4n) is 7.70. The molecular formula is C34H36F2N6O3. The molecule has 0 saturated heterocycles. The molecule has 3 aliphatic carbocycles. The molecule has 3 fully saturated rings. The molecule has 9 nitrogen and oxygen atoms in total. The molecule has 2 amide bonds. The van der Waals surface area contributed by atoms with Crippen LogP contribution in [0.4, 0.5) is 14.5 Å². The van der Waals surface area contributed by atoms with Crippen LogP contribution in [-0.4, -0.2) is 39.2 Å². The lowest BCUT2D eigenvalue weighted by Gasteiger charge is -2.43. The van der Waals surface area contributed by atoms with Crippen LogP contribution in [0.5, 0.6) is 5.75 Å². The molecule has 2 aromatic heterocycles. The second-order valence-electron chi connectivity index (χ2n) is 13.4. The lowest BCUT2D eigenvalue weighted by atomic mass is 9.65. The summed E-state index contributed by atoms with van der Waals surface area (Å²) in [6.45, 7) is 6.11. The summed E-state index contributed by atoms with van der Waals surface area (Å²) in [7, 11) is 0. The third kappa shape index (κ3) is 4.75. The van der Waals surface area contributed by atoms with Crippen molar-refractivity contribution in [3.05, 3.63) is 71.1 Å². The van der Waals surface area contributed by atoms with Crippen LogP contribution in [0.25, 0.3) is 22.2 Å². The Morgan fingerprint density at radius 1 is 1.11 bits per heavy atom. The number of rotatable bonds is 8. The second-order valence-corrected chi connectivity index (χ2v) is 13.4. The van der Waals surface area contributed by atoms with Crippen molar-refractivity contribution in [3.63, 3.8) is 0 Å².